The molecular weight excluding hydrogens is 302 g/mol. The summed E-state index contributed by atoms with van der Waals surface area (Å²) in [5.41, 5.74) is 2.70. The smallest absolute Gasteiger partial charge is 0.166 e. The van der Waals surface area contributed by atoms with Crippen LogP contribution in [0.25, 0.3) is 0 Å². The molecule has 0 saturated heterocycles. The van der Waals surface area contributed by atoms with E-state index in [1.807, 2.05) is 0 Å². The molecule has 1 aromatic rings. The lowest BCUT2D eigenvalue weighted by molar-refractivity contribution is -0.910. The predicted molar refractivity (Wildman–Crippen MR) is 102 cm³/mol. The van der Waals surface area contributed by atoms with Gasteiger partial charge in [-0.15, -0.1) is 0 Å². The molecule has 0 heterocycles. The molecule has 0 aromatic heterocycles. The average Bonchev–Trinajstić information content (AvgIpc) is 2.60. The first-order chi connectivity index (χ1) is 11.2. The zero-order valence-electron chi connectivity index (χ0n) is 14.7. The van der Waals surface area contributed by atoms with Gasteiger partial charge in [-0.3, -0.25) is 0 Å². The van der Waals surface area contributed by atoms with E-state index >= 15 is 0 Å². The summed E-state index contributed by atoms with van der Waals surface area (Å²) in [6, 6.07) is 9.51. The van der Waals surface area contributed by atoms with Crippen LogP contribution >= 0.6 is 12.2 Å². The van der Waals surface area contributed by atoms with Crippen molar-refractivity contribution in [3.63, 3.8) is 0 Å². The molecule has 0 aliphatic heterocycles. The zero-order chi connectivity index (χ0) is 16.5. The summed E-state index contributed by atoms with van der Waals surface area (Å²) < 4.78 is 0. The molecule has 3 N–H and O–H groups in total. The Balaban J connectivity index is 1.73. The van der Waals surface area contributed by atoms with Crippen molar-refractivity contribution in [2.24, 2.45) is 0 Å². The molecule has 0 radical (unpaired) electrons. The molecule has 0 unspecified atom stereocenters. The molecule has 0 bridgehead atoms. The number of benzene rings is 1. The van der Waals surface area contributed by atoms with Crippen LogP contribution in [0.4, 0.5) is 0 Å². The van der Waals surface area contributed by atoms with E-state index in [4.69, 9.17) is 12.2 Å². The summed E-state index contributed by atoms with van der Waals surface area (Å²) >= 11 is 5.42. The number of hydrogen-bond acceptors (Lipinski definition) is 1. The minimum atomic E-state index is 0.572. The summed E-state index contributed by atoms with van der Waals surface area (Å²) in [4.78, 5) is 1.62. The van der Waals surface area contributed by atoms with E-state index in [0.717, 1.165) is 18.2 Å². The average molecular weight is 335 g/mol. The Morgan fingerprint density at radius 1 is 1.04 bits per heavy atom. The van der Waals surface area contributed by atoms with Crippen LogP contribution in [0, 0.1) is 0 Å². The minimum absolute atomic E-state index is 0.572. The van der Waals surface area contributed by atoms with Gasteiger partial charge < -0.3 is 15.5 Å². The number of rotatable bonds is 7. The number of hydrogen-bond donors (Lipinski definition) is 3. The highest BCUT2D eigenvalue weighted by Crippen LogP contribution is 2.17. The normalized spacial score (nSPS) is 15.6. The third-order valence-corrected chi connectivity index (χ3v) is 5.13. The summed E-state index contributed by atoms with van der Waals surface area (Å²) in [6.45, 7) is 8.77. The van der Waals surface area contributed by atoms with E-state index in [0.29, 0.717) is 6.04 Å². The molecule has 1 aliphatic rings. The van der Waals surface area contributed by atoms with Gasteiger partial charge in [0.15, 0.2) is 5.11 Å². The van der Waals surface area contributed by atoms with E-state index in [9.17, 15) is 0 Å². The largest absolute Gasteiger partial charge is 0.360 e. The van der Waals surface area contributed by atoms with E-state index in [2.05, 4.69) is 48.7 Å². The van der Waals surface area contributed by atoms with Crippen LogP contribution in [0.2, 0.25) is 0 Å². The summed E-state index contributed by atoms with van der Waals surface area (Å²) in [5, 5.41) is 7.60. The third kappa shape index (κ3) is 6.48. The highest BCUT2D eigenvalue weighted by Gasteiger charge is 2.13. The monoisotopic (exact) mass is 334 g/mol. The lowest BCUT2D eigenvalue weighted by Gasteiger charge is -2.24. The number of nitrogens with one attached hydrogen (secondary N) is 3. The second kappa shape index (κ2) is 9.89. The SMILES string of the molecule is CC[NH+](CC)Cc1ccc(CNC(=S)NC2CCCCC2)cc1. The van der Waals surface area contributed by atoms with Crippen LogP contribution in [-0.2, 0) is 13.1 Å². The summed E-state index contributed by atoms with van der Waals surface area (Å²) in [6.07, 6.45) is 6.54. The van der Waals surface area contributed by atoms with Crippen LogP contribution in [0.3, 0.4) is 0 Å². The maximum Gasteiger partial charge on any atom is 0.166 e. The summed E-state index contributed by atoms with van der Waals surface area (Å²) in [5.74, 6) is 0. The maximum atomic E-state index is 5.42. The van der Waals surface area contributed by atoms with Crippen molar-refractivity contribution in [3.8, 4) is 0 Å². The predicted octanol–water partition coefficient (Wildman–Crippen LogP) is 2.41. The quantitative estimate of drug-likeness (QED) is 0.669. The van der Waals surface area contributed by atoms with E-state index < -0.39 is 0 Å². The van der Waals surface area contributed by atoms with Gasteiger partial charge in [0, 0.05) is 18.2 Å². The molecule has 128 valence electrons. The van der Waals surface area contributed by atoms with Crippen molar-refractivity contribution in [1.82, 2.24) is 10.6 Å². The fourth-order valence-corrected chi connectivity index (χ4v) is 3.47. The Bertz CT molecular complexity index is 462. The topological polar surface area (TPSA) is 28.5 Å². The van der Waals surface area contributed by atoms with Gasteiger partial charge in [0.25, 0.3) is 0 Å². The Labute approximate surface area is 146 Å². The Kier molecular flexibility index (Phi) is 7.83. The van der Waals surface area contributed by atoms with Crippen molar-refractivity contribution in [2.45, 2.75) is 65.1 Å². The molecule has 1 fully saturated rings. The zero-order valence-corrected chi connectivity index (χ0v) is 15.5. The molecule has 0 spiro atoms. The molecular formula is C19H32N3S+. The Morgan fingerprint density at radius 3 is 2.26 bits per heavy atom. The van der Waals surface area contributed by atoms with Crippen LogP contribution in [0.15, 0.2) is 24.3 Å². The van der Waals surface area contributed by atoms with Gasteiger partial charge in [-0.25, -0.2) is 0 Å². The fraction of sp³-hybridized carbons (Fsp3) is 0.632. The van der Waals surface area contributed by atoms with Crippen LogP contribution in [-0.4, -0.2) is 24.2 Å². The minimum Gasteiger partial charge on any atom is -0.360 e. The maximum absolute atomic E-state index is 5.42. The van der Waals surface area contributed by atoms with Crippen molar-refractivity contribution in [1.29, 1.82) is 0 Å². The lowest BCUT2D eigenvalue weighted by Crippen LogP contribution is -3.10. The van der Waals surface area contributed by atoms with Gasteiger partial charge in [-0.2, -0.15) is 0 Å². The molecule has 3 nitrogen and oxygen atoms in total. The van der Waals surface area contributed by atoms with E-state index in [-0.39, 0.29) is 0 Å². The highest BCUT2D eigenvalue weighted by atomic mass is 32.1. The van der Waals surface area contributed by atoms with Gasteiger partial charge >= 0.3 is 0 Å². The van der Waals surface area contributed by atoms with Crippen molar-refractivity contribution in [2.75, 3.05) is 13.1 Å². The molecule has 2 rings (SSSR count). The molecule has 1 saturated carbocycles. The van der Waals surface area contributed by atoms with E-state index in [1.165, 1.54) is 56.3 Å². The first-order valence-electron chi connectivity index (χ1n) is 9.17. The van der Waals surface area contributed by atoms with E-state index in [1.54, 1.807) is 4.90 Å². The van der Waals surface area contributed by atoms with Crippen LogP contribution in [0.5, 0.6) is 0 Å². The van der Waals surface area contributed by atoms with Gasteiger partial charge in [-0.05, 0) is 44.5 Å². The van der Waals surface area contributed by atoms with Crippen LogP contribution < -0.4 is 15.5 Å². The standard InChI is InChI=1S/C19H31N3S/c1-3-22(4-2)15-17-12-10-16(11-13-17)14-20-19(23)21-18-8-6-5-7-9-18/h10-13,18H,3-9,14-15H2,1-2H3,(H2,20,21,23)/p+1. The van der Waals surface area contributed by atoms with Crippen molar-refractivity contribution in [3.05, 3.63) is 35.4 Å². The second-order valence-corrected chi connectivity index (χ2v) is 7.02. The van der Waals surface area contributed by atoms with Crippen LogP contribution in [0.1, 0.15) is 57.1 Å². The molecule has 1 aromatic carbocycles. The Morgan fingerprint density at radius 2 is 1.65 bits per heavy atom. The molecule has 1 aliphatic carbocycles. The number of thiocarbonyl (C=S) groups is 1. The molecule has 0 amide bonds. The van der Waals surface area contributed by atoms with Gasteiger partial charge in [-0.1, -0.05) is 43.5 Å². The van der Waals surface area contributed by atoms with Crippen molar-refractivity contribution >= 4 is 17.3 Å². The molecule has 4 heteroatoms. The third-order valence-electron chi connectivity index (χ3n) is 4.87. The van der Waals surface area contributed by atoms with Gasteiger partial charge in [0.05, 0.1) is 13.1 Å². The fourth-order valence-electron chi connectivity index (χ4n) is 3.23. The summed E-state index contributed by atoms with van der Waals surface area (Å²) in [7, 11) is 0. The highest BCUT2D eigenvalue weighted by molar-refractivity contribution is 7.80. The molecule has 0 atom stereocenters. The first-order valence-corrected chi connectivity index (χ1v) is 9.57. The van der Waals surface area contributed by atoms with Gasteiger partial charge in [0.2, 0.25) is 0 Å². The first kappa shape index (κ1) is 18.2. The van der Waals surface area contributed by atoms with Gasteiger partial charge in [0.1, 0.15) is 6.54 Å². The van der Waals surface area contributed by atoms with Crippen molar-refractivity contribution < 1.29 is 4.90 Å². The lowest BCUT2D eigenvalue weighted by atomic mass is 9.96. The molecule has 23 heavy (non-hydrogen) atoms. The number of quaternary nitrogens is 1. The Hall–Kier alpha value is -1.13. The second-order valence-electron chi connectivity index (χ2n) is 6.61.